The normalized spacial score (nSPS) is 12.3. The predicted octanol–water partition coefficient (Wildman–Crippen LogP) is 1.82. The largest absolute Gasteiger partial charge is 0.470 e. The number of nitrogens with one attached hydrogen (secondary N) is 1. The Labute approximate surface area is 92.6 Å². The van der Waals surface area contributed by atoms with Gasteiger partial charge < -0.3 is 14.8 Å². The van der Waals surface area contributed by atoms with Crippen LogP contribution in [0.3, 0.4) is 0 Å². The van der Waals surface area contributed by atoms with Gasteiger partial charge in [0.15, 0.2) is 17.5 Å². The smallest absolute Gasteiger partial charge is 0.252 e. The van der Waals surface area contributed by atoms with Gasteiger partial charge in [-0.05, 0) is 6.92 Å². The molecular weight excluding hydrogens is 218 g/mol. The van der Waals surface area contributed by atoms with Gasteiger partial charge in [-0.1, -0.05) is 0 Å². The van der Waals surface area contributed by atoms with Gasteiger partial charge in [-0.2, -0.15) is 4.98 Å². The van der Waals surface area contributed by atoms with Crippen molar-refractivity contribution in [2.75, 3.05) is 26.1 Å². The molecule has 1 heterocycles. The fourth-order valence-corrected chi connectivity index (χ4v) is 1.17. The number of rotatable bonds is 5. The molecule has 0 fully saturated rings. The first-order chi connectivity index (χ1) is 7.58. The van der Waals surface area contributed by atoms with E-state index in [4.69, 9.17) is 9.47 Å². The maximum absolute atomic E-state index is 13.3. The number of halogens is 2. The molecule has 0 saturated carbocycles. The van der Waals surface area contributed by atoms with Crippen LogP contribution in [0.1, 0.15) is 6.92 Å². The summed E-state index contributed by atoms with van der Waals surface area (Å²) in [5.74, 6) is -1.89. The van der Waals surface area contributed by atoms with Gasteiger partial charge in [0.05, 0.1) is 6.61 Å². The zero-order valence-corrected chi connectivity index (χ0v) is 9.38. The highest BCUT2D eigenvalue weighted by Crippen LogP contribution is 2.21. The van der Waals surface area contributed by atoms with Crippen molar-refractivity contribution in [3.05, 3.63) is 17.7 Å². The van der Waals surface area contributed by atoms with E-state index in [9.17, 15) is 8.78 Å². The Hall–Kier alpha value is -1.43. The van der Waals surface area contributed by atoms with E-state index in [0.717, 1.165) is 6.07 Å². The lowest BCUT2D eigenvalue weighted by molar-refractivity contribution is 0.0858. The van der Waals surface area contributed by atoms with Gasteiger partial charge in [-0.3, -0.25) is 0 Å². The van der Waals surface area contributed by atoms with Crippen molar-refractivity contribution in [3.63, 3.8) is 0 Å². The van der Waals surface area contributed by atoms with E-state index in [2.05, 4.69) is 10.3 Å². The average molecular weight is 232 g/mol. The third kappa shape index (κ3) is 3.03. The topological polar surface area (TPSA) is 43.4 Å². The maximum Gasteiger partial charge on any atom is 0.252 e. The van der Waals surface area contributed by atoms with E-state index in [0.29, 0.717) is 6.61 Å². The molecule has 1 aromatic heterocycles. The van der Waals surface area contributed by atoms with Crippen LogP contribution in [0, 0.1) is 11.6 Å². The van der Waals surface area contributed by atoms with E-state index < -0.39 is 11.6 Å². The number of ether oxygens (including phenoxy) is 2. The summed E-state index contributed by atoms with van der Waals surface area (Å²) in [4.78, 5) is 3.67. The van der Waals surface area contributed by atoms with E-state index in [-0.39, 0.29) is 17.8 Å². The molecule has 16 heavy (non-hydrogen) atoms. The van der Waals surface area contributed by atoms with Crippen molar-refractivity contribution < 1.29 is 18.3 Å². The van der Waals surface area contributed by atoms with Crippen molar-refractivity contribution in [1.29, 1.82) is 0 Å². The van der Waals surface area contributed by atoms with Crippen molar-refractivity contribution in [3.8, 4) is 5.88 Å². The minimum atomic E-state index is -0.834. The van der Waals surface area contributed by atoms with Gasteiger partial charge >= 0.3 is 0 Å². The van der Waals surface area contributed by atoms with Crippen LogP contribution in [-0.2, 0) is 4.74 Å². The first-order valence-corrected chi connectivity index (χ1v) is 4.77. The van der Waals surface area contributed by atoms with E-state index >= 15 is 0 Å². The van der Waals surface area contributed by atoms with Crippen molar-refractivity contribution in [1.82, 2.24) is 4.98 Å². The molecule has 1 N–H and O–H groups in total. The second-order valence-corrected chi connectivity index (χ2v) is 3.24. The third-order valence-electron chi connectivity index (χ3n) is 1.85. The van der Waals surface area contributed by atoms with Crippen LogP contribution in [0.15, 0.2) is 6.07 Å². The van der Waals surface area contributed by atoms with Crippen LogP contribution in [0.25, 0.3) is 0 Å². The minimum absolute atomic E-state index is 0.0546. The Bertz CT molecular complexity index is 361. The minimum Gasteiger partial charge on any atom is -0.470 e. The second-order valence-electron chi connectivity index (χ2n) is 3.24. The lowest BCUT2D eigenvalue weighted by Crippen LogP contribution is -2.19. The first kappa shape index (κ1) is 12.6. The molecule has 0 radical (unpaired) electrons. The summed E-state index contributed by atoms with van der Waals surface area (Å²) in [5, 5.41) is 2.50. The molecule has 0 amide bonds. The van der Waals surface area contributed by atoms with E-state index in [1.807, 2.05) is 0 Å². The van der Waals surface area contributed by atoms with Crippen LogP contribution in [0.4, 0.5) is 14.6 Å². The Balaban J connectivity index is 2.87. The molecule has 6 heteroatoms. The predicted molar refractivity (Wildman–Crippen MR) is 55.7 cm³/mol. The molecule has 1 unspecified atom stereocenters. The fraction of sp³-hybridized carbons (Fsp3) is 0.500. The Morgan fingerprint density at radius 1 is 1.44 bits per heavy atom. The number of anilines is 1. The number of aromatic nitrogens is 1. The molecule has 1 rings (SSSR count). The molecule has 0 aliphatic carbocycles. The van der Waals surface area contributed by atoms with Crippen LogP contribution < -0.4 is 10.1 Å². The van der Waals surface area contributed by atoms with Crippen LogP contribution in [0.5, 0.6) is 5.88 Å². The maximum atomic E-state index is 13.3. The van der Waals surface area contributed by atoms with Crippen LogP contribution >= 0.6 is 0 Å². The molecule has 0 aliphatic rings. The lowest BCUT2D eigenvalue weighted by atomic mass is 10.4. The summed E-state index contributed by atoms with van der Waals surface area (Å²) in [5.41, 5.74) is 0. The molecule has 4 nitrogen and oxygen atoms in total. The summed E-state index contributed by atoms with van der Waals surface area (Å²) < 4.78 is 36.3. The average Bonchev–Trinajstić information content (AvgIpc) is 2.22. The summed E-state index contributed by atoms with van der Waals surface area (Å²) in [7, 11) is 3.00. The molecule has 0 aromatic carbocycles. The van der Waals surface area contributed by atoms with Crippen molar-refractivity contribution >= 4 is 5.82 Å². The number of methoxy groups -OCH3 is 1. The highest BCUT2D eigenvalue weighted by atomic mass is 19.1. The van der Waals surface area contributed by atoms with Crippen molar-refractivity contribution in [2.45, 2.75) is 13.0 Å². The van der Waals surface area contributed by atoms with Crippen LogP contribution in [0.2, 0.25) is 0 Å². The van der Waals surface area contributed by atoms with Crippen molar-refractivity contribution in [2.24, 2.45) is 0 Å². The summed E-state index contributed by atoms with van der Waals surface area (Å²) in [6.45, 7) is 2.00. The molecule has 0 aliphatic heterocycles. The van der Waals surface area contributed by atoms with Gasteiger partial charge in [-0.15, -0.1) is 0 Å². The molecule has 0 spiro atoms. The van der Waals surface area contributed by atoms with E-state index in [1.54, 1.807) is 6.92 Å². The molecule has 1 aromatic rings. The first-order valence-electron chi connectivity index (χ1n) is 4.77. The molecule has 1 atom stereocenters. The highest BCUT2D eigenvalue weighted by Gasteiger charge is 2.14. The lowest BCUT2D eigenvalue weighted by Gasteiger charge is -2.14. The Morgan fingerprint density at radius 2 is 2.12 bits per heavy atom. The molecular formula is C10H14F2N2O2. The SMILES string of the molecule is CNc1nc(OC(C)COC)c(F)cc1F. The summed E-state index contributed by atoms with van der Waals surface area (Å²) in [6.07, 6.45) is -0.359. The number of pyridine rings is 1. The van der Waals surface area contributed by atoms with Gasteiger partial charge in [0.1, 0.15) is 6.10 Å². The molecule has 90 valence electrons. The number of hydrogen-bond donors (Lipinski definition) is 1. The molecule has 0 saturated heterocycles. The second kappa shape index (κ2) is 5.60. The van der Waals surface area contributed by atoms with Gasteiger partial charge in [0.2, 0.25) is 0 Å². The summed E-state index contributed by atoms with van der Waals surface area (Å²) >= 11 is 0. The quantitative estimate of drug-likeness (QED) is 0.840. The fourth-order valence-electron chi connectivity index (χ4n) is 1.17. The monoisotopic (exact) mass is 232 g/mol. The standard InChI is InChI=1S/C10H14F2N2O2/c1-6(5-15-3)16-10-8(12)4-7(11)9(13-2)14-10/h4,6H,5H2,1-3H3,(H,13,14). The van der Waals surface area contributed by atoms with Gasteiger partial charge in [0.25, 0.3) is 5.88 Å². The molecule has 0 bridgehead atoms. The van der Waals surface area contributed by atoms with Crippen LogP contribution in [-0.4, -0.2) is 31.9 Å². The highest BCUT2D eigenvalue weighted by molar-refractivity contribution is 5.38. The number of hydrogen-bond acceptors (Lipinski definition) is 4. The Morgan fingerprint density at radius 3 is 2.69 bits per heavy atom. The zero-order chi connectivity index (χ0) is 12.1. The van der Waals surface area contributed by atoms with Gasteiger partial charge in [0, 0.05) is 20.2 Å². The Kier molecular flexibility index (Phi) is 4.42. The van der Waals surface area contributed by atoms with E-state index in [1.165, 1.54) is 14.2 Å². The van der Waals surface area contributed by atoms with Gasteiger partial charge in [-0.25, -0.2) is 8.78 Å². The zero-order valence-electron chi connectivity index (χ0n) is 9.38. The summed E-state index contributed by atoms with van der Waals surface area (Å²) in [6, 6.07) is 0.730. The number of nitrogens with zero attached hydrogens (tertiary/aromatic N) is 1. The third-order valence-corrected chi connectivity index (χ3v) is 1.85.